The van der Waals surface area contributed by atoms with Crippen LogP contribution in [0.1, 0.15) is 27.2 Å². The smallest absolute Gasteiger partial charge is 0.431 e. The van der Waals surface area contributed by atoms with E-state index in [2.05, 4.69) is 10.3 Å². The molecule has 2 aromatic rings. The predicted octanol–water partition coefficient (Wildman–Crippen LogP) is 2.22. The van der Waals surface area contributed by atoms with Gasteiger partial charge in [0.2, 0.25) is 15.9 Å². The minimum absolute atomic E-state index is 0.0965. The molecule has 1 aliphatic rings. The Labute approximate surface area is 191 Å². The summed E-state index contributed by atoms with van der Waals surface area (Å²) < 4.78 is 32.8. The maximum absolute atomic E-state index is 13.2. The molecule has 0 unspecified atom stereocenters. The second kappa shape index (κ2) is 9.57. The van der Waals surface area contributed by atoms with Crippen molar-refractivity contribution in [2.24, 2.45) is 0 Å². The Morgan fingerprint density at radius 3 is 2.75 bits per heavy atom. The Kier molecular flexibility index (Phi) is 7.23. The Bertz CT molecular complexity index is 1110. The van der Waals surface area contributed by atoms with Gasteiger partial charge >= 0.3 is 6.09 Å². The molecule has 2 amide bonds. The molecule has 1 fully saturated rings. The fourth-order valence-corrected chi connectivity index (χ4v) is 5.37. The first-order valence-corrected chi connectivity index (χ1v) is 11.7. The Morgan fingerprint density at radius 2 is 2.03 bits per heavy atom. The number of carbonyl (C=O) groups excluding carboxylic acids is 2. The molecule has 0 aliphatic carbocycles. The second-order valence-corrected chi connectivity index (χ2v) is 10.6. The van der Waals surface area contributed by atoms with Crippen LogP contribution in [0.15, 0.2) is 35.5 Å². The van der Waals surface area contributed by atoms with Crippen LogP contribution in [0.5, 0.6) is 0 Å². The molecule has 0 radical (unpaired) electrons. The van der Waals surface area contributed by atoms with Crippen molar-refractivity contribution in [2.45, 2.75) is 43.7 Å². The molecule has 2 N–H and O–H groups in total. The molecular formula is C20H25ClN4O6S. The van der Waals surface area contributed by atoms with Crippen molar-refractivity contribution < 1.29 is 27.6 Å². The lowest BCUT2D eigenvalue weighted by Crippen LogP contribution is -2.41. The number of amides is 2. The third-order valence-electron chi connectivity index (χ3n) is 4.59. The van der Waals surface area contributed by atoms with Gasteiger partial charge in [-0.25, -0.2) is 13.2 Å². The number of nitrogens with one attached hydrogen (secondary N) is 2. The van der Waals surface area contributed by atoms with Crippen molar-refractivity contribution in [3.05, 3.63) is 35.6 Å². The molecule has 1 aromatic heterocycles. The maximum Gasteiger partial charge on any atom is 0.431 e. The number of fused-ring (bicyclic) bond motifs is 1. The summed E-state index contributed by atoms with van der Waals surface area (Å²) in [6.07, 6.45) is 2.58. The Balaban J connectivity index is 1.58. The number of rotatable bonds is 6. The molecule has 0 spiro atoms. The summed E-state index contributed by atoms with van der Waals surface area (Å²) in [6.45, 7) is 5.00. The number of ether oxygens (including phenoxy) is 1. The molecule has 2 heterocycles. The van der Waals surface area contributed by atoms with Gasteiger partial charge in [0.1, 0.15) is 5.60 Å². The van der Waals surface area contributed by atoms with Crippen molar-refractivity contribution in [1.29, 1.82) is 0 Å². The van der Waals surface area contributed by atoms with Gasteiger partial charge in [-0.3, -0.25) is 14.6 Å². The van der Waals surface area contributed by atoms with Crippen molar-refractivity contribution >= 4 is 44.4 Å². The van der Waals surface area contributed by atoms with Gasteiger partial charge in [-0.05, 0) is 33.3 Å². The number of hydrogen-bond acceptors (Lipinski definition) is 7. The number of carbonyl (C=O) groups is 2. The predicted molar refractivity (Wildman–Crippen MR) is 117 cm³/mol. The van der Waals surface area contributed by atoms with Gasteiger partial charge in [-0.2, -0.15) is 9.79 Å². The highest BCUT2D eigenvalue weighted by atomic mass is 35.5. The Morgan fingerprint density at radius 1 is 1.28 bits per heavy atom. The summed E-state index contributed by atoms with van der Waals surface area (Å²) in [4.78, 5) is 32.5. The van der Waals surface area contributed by atoms with E-state index in [9.17, 15) is 18.0 Å². The monoisotopic (exact) mass is 484 g/mol. The van der Waals surface area contributed by atoms with E-state index in [4.69, 9.17) is 21.2 Å². The van der Waals surface area contributed by atoms with Gasteiger partial charge < -0.3 is 10.1 Å². The molecule has 1 aromatic carbocycles. The number of sulfonamides is 1. The van der Waals surface area contributed by atoms with Crippen molar-refractivity contribution in [3.63, 3.8) is 0 Å². The van der Waals surface area contributed by atoms with Crippen LogP contribution >= 0.6 is 11.6 Å². The van der Waals surface area contributed by atoms with Crippen LogP contribution in [0.2, 0.25) is 5.02 Å². The van der Waals surface area contributed by atoms with E-state index in [-0.39, 0.29) is 23.0 Å². The van der Waals surface area contributed by atoms with Crippen LogP contribution in [0, 0.1) is 0 Å². The minimum Gasteiger partial charge on any atom is -0.442 e. The number of benzene rings is 1. The van der Waals surface area contributed by atoms with Crippen LogP contribution in [-0.2, 0) is 24.4 Å². The molecule has 1 saturated heterocycles. The van der Waals surface area contributed by atoms with Crippen LogP contribution in [0.4, 0.5) is 4.79 Å². The molecule has 32 heavy (non-hydrogen) atoms. The lowest BCUT2D eigenvalue weighted by molar-refractivity contribution is -0.128. The molecule has 0 saturated carbocycles. The first kappa shape index (κ1) is 24.2. The average Bonchev–Trinajstić information content (AvgIpc) is 3.15. The normalized spacial score (nSPS) is 17.3. The molecule has 0 bridgehead atoms. The summed E-state index contributed by atoms with van der Waals surface area (Å²) in [5.41, 5.74) is 1.33. The number of halogens is 1. The van der Waals surface area contributed by atoms with Crippen molar-refractivity contribution in [1.82, 2.24) is 20.1 Å². The molecule has 10 nitrogen and oxygen atoms in total. The van der Waals surface area contributed by atoms with Crippen molar-refractivity contribution in [3.8, 4) is 0 Å². The summed E-state index contributed by atoms with van der Waals surface area (Å²) >= 11 is 6.22. The lowest BCUT2D eigenvalue weighted by Gasteiger charge is -2.20. The SMILES string of the molecule is CC(C)(C)OC(=O)NOCC(=O)N[C@H]1CCN(S(=O)(=O)c2cccc3cncc(Cl)c23)C1. The lowest BCUT2D eigenvalue weighted by atomic mass is 10.2. The standard InChI is InChI=1S/C20H25ClN4O6S/c1-20(2,3)31-19(27)24-30-12-17(26)23-14-7-8-25(11-14)32(28,29)16-6-4-5-13-9-22-10-15(21)18(13)16/h4-6,9-10,14H,7-8,11-12H2,1-3H3,(H,23,26)(H,24,27)/t14-/m0/s1. The highest BCUT2D eigenvalue weighted by Gasteiger charge is 2.34. The zero-order chi connectivity index (χ0) is 23.5. The number of pyridine rings is 1. The van der Waals surface area contributed by atoms with E-state index in [0.717, 1.165) is 0 Å². The van der Waals surface area contributed by atoms with Gasteiger partial charge in [-0.15, -0.1) is 0 Å². The van der Waals surface area contributed by atoms with Crippen LogP contribution < -0.4 is 10.8 Å². The Hall–Kier alpha value is -2.47. The van der Waals surface area contributed by atoms with Gasteiger partial charge in [0.25, 0.3) is 0 Å². The van der Waals surface area contributed by atoms with E-state index in [1.54, 1.807) is 39.1 Å². The maximum atomic E-state index is 13.2. The number of aromatic nitrogens is 1. The number of hydrogen-bond donors (Lipinski definition) is 2. The number of nitrogens with zero attached hydrogens (tertiary/aromatic N) is 2. The summed E-state index contributed by atoms with van der Waals surface area (Å²) in [5.74, 6) is -0.496. The highest BCUT2D eigenvalue weighted by Crippen LogP contribution is 2.32. The van der Waals surface area contributed by atoms with Crippen LogP contribution in [-0.4, -0.2) is 61.0 Å². The first-order valence-electron chi connectivity index (χ1n) is 9.90. The largest absolute Gasteiger partial charge is 0.442 e. The van der Waals surface area contributed by atoms with Gasteiger partial charge in [0, 0.05) is 42.3 Å². The van der Waals surface area contributed by atoms with Crippen LogP contribution in [0.3, 0.4) is 0 Å². The van der Waals surface area contributed by atoms with Gasteiger partial charge in [-0.1, -0.05) is 23.7 Å². The fourth-order valence-electron chi connectivity index (χ4n) is 3.31. The van der Waals surface area contributed by atoms with E-state index < -0.39 is 40.3 Å². The molecule has 3 rings (SSSR count). The zero-order valence-electron chi connectivity index (χ0n) is 17.9. The second-order valence-electron chi connectivity index (χ2n) is 8.28. The topological polar surface area (TPSA) is 127 Å². The highest BCUT2D eigenvalue weighted by molar-refractivity contribution is 7.89. The fraction of sp³-hybridized carbons (Fsp3) is 0.450. The van der Waals surface area contributed by atoms with Gasteiger partial charge in [0.05, 0.1) is 9.92 Å². The molecule has 12 heteroatoms. The number of hydroxylamine groups is 1. The van der Waals surface area contributed by atoms with E-state index in [1.165, 1.54) is 16.6 Å². The zero-order valence-corrected chi connectivity index (χ0v) is 19.5. The molecular weight excluding hydrogens is 460 g/mol. The molecule has 1 aliphatic heterocycles. The van der Waals surface area contributed by atoms with Crippen LogP contribution in [0.25, 0.3) is 10.8 Å². The first-order chi connectivity index (χ1) is 15.0. The minimum atomic E-state index is -3.84. The van der Waals surface area contributed by atoms with E-state index in [1.807, 2.05) is 5.48 Å². The van der Waals surface area contributed by atoms with Crippen molar-refractivity contribution in [2.75, 3.05) is 19.7 Å². The molecule has 1 atom stereocenters. The summed E-state index contributed by atoms with van der Waals surface area (Å²) in [5, 5.41) is 3.99. The summed E-state index contributed by atoms with van der Waals surface area (Å²) in [7, 11) is -3.84. The van der Waals surface area contributed by atoms with E-state index in [0.29, 0.717) is 17.2 Å². The van der Waals surface area contributed by atoms with Gasteiger partial charge in [0.15, 0.2) is 6.61 Å². The third-order valence-corrected chi connectivity index (χ3v) is 6.78. The average molecular weight is 485 g/mol. The molecule has 174 valence electrons. The quantitative estimate of drug-likeness (QED) is 0.602. The summed E-state index contributed by atoms with van der Waals surface area (Å²) in [6, 6.07) is 4.49. The van der Waals surface area contributed by atoms with E-state index >= 15 is 0 Å². The third kappa shape index (κ3) is 5.85.